The number of allylic oxidation sites excluding steroid dienone is 3. The number of aryl methyl sites for hydroxylation is 1. The molecule has 1 aliphatic rings. The van der Waals surface area contributed by atoms with Crippen LogP contribution < -0.4 is 0 Å². The summed E-state index contributed by atoms with van der Waals surface area (Å²) in [6.07, 6.45) is 19.8. The van der Waals surface area contributed by atoms with E-state index in [1.165, 1.54) is 43.2 Å². The molecule has 1 aliphatic carbocycles. The van der Waals surface area contributed by atoms with E-state index in [1.807, 2.05) is 25.2 Å². The first-order valence-corrected chi connectivity index (χ1v) is 18.5. The quantitative estimate of drug-likeness (QED) is 0.0679. The number of benzene rings is 1. The van der Waals surface area contributed by atoms with Gasteiger partial charge in [-0.1, -0.05) is 42.5 Å². The van der Waals surface area contributed by atoms with Gasteiger partial charge in [-0.2, -0.15) is 0 Å². The SMILES string of the molecule is C=CCCCOP(CCC1CCC(c2ccc(CCP(=O)(OCC)OCCCC=C)cc2)CC1)OCCCC=C. The molecule has 0 spiro atoms. The van der Waals surface area contributed by atoms with E-state index in [0.29, 0.717) is 31.7 Å². The Morgan fingerprint density at radius 3 is 1.98 bits per heavy atom. The summed E-state index contributed by atoms with van der Waals surface area (Å²) in [5.74, 6) is 1.38. The summed E-state index contributed by atoms with van der Waals surface area (Å²) in [7, 11) is -3.87. The van der Waals surface area contributed by atoms with Gasteiger partial charge in [0.25, 0.3) is 0 Å². The summed E-state index contributed by atoms with van der Waals surface area (Å²) in [6.45, 7) is 15.5. The predicted octanol–water partition coefficient (Wildman–Crippen LogP) is 10.4. The van der Waals surface area contributed by atoms with Crippen molar-refractivity contribution in [2.24, 2.45) is 5.92 Å². The molecule has 7 heteroatoms. The summed E-state index contributed by atoms with van der Waals surface area (Å²) in [6, 6.07) is 8.92. The summed E-state index contributed by atoms with van der Waals surface area (Å²) in [4.78, 5) is 0. The number of rotatable bonds is 24. The molecule has 2 rings (SSSR count). The van der Waals surface area contributed by atoms with E-state index < -0.39 is 16.0 Å². The molecule has 1 unspecified atom stereocenters. The van der Waals surface area contributed by atoms with Crippen molar-refractivity contribution in [2.45, 2.75) is 89.9 Å². The maximum atomic E-state index is 13.1. The van der Waals surface area contributed by atoms with Crippen LogP contribution >= 0.6 is 16.0 Å². The molecule has 1 aromatic carbocycles. The second-order valence-corrected chi connectivity index (χ2v) is 14.4. The van der Waals surface area contributed by atoms with E-state index >= 15 is 0 Å². The van der Waals surface area contributed by atoms with Crippen LogP contribution in [0.4, 0.5) is 0 Å². The number of unbranched alkanes of at least 4 members (excludes halogenated alkanes) is 3. The second kappa shape index (κ2) is 21.6. The third kappa shape index (κ3) is 14.7. The highest BCUT2D eigenvalue weighted by molar-refractivity contribution is 7.53. The van der Waals surface area contributed by atoms with Gasteiger partial charge in [0.2, 0.25) is 0 Å². The minimum atomic E-state index is -3.06. The van der Waals surface area contributed by atoms with Gasteiger partial charge >= 0.3 is 7.60 Å². The van der Waals surface area contributed by atoms with Crippen molar-refractivity contribution >= 4 is 16.0 Å². The highest BCUT2D eigenvalue weighted by atomic mass is 31.2. The molecule has 1 aromatic rings. The van der Waals surface area contributed by atoms with Crippen molar-refractivity contribution in [1.82, 2.24) is 0 Å². The van der Waals surface area contributed by atoms with E-state index in [-0.39, 0.29) is 0 Å². The molecule has 0 N–H and O–H groups in total. The maximum Gasteiger partial charge on any atom is 0.330 e. The van der Waals surface area contributed by atoms with Crippen LogP contribution in [0, 0.1) is 5.92 Å². The van der Waals surface area contributed by atoms with Crippen LogP contribution in [0.1, 0.15) is 94.6 Å². The highest BCUT2D eigenvalue weighted by Crippen LogP contribution is 2.49. The van der Waals surface area contributed by atoms with Gasteiger partial charge in [-0.05, 0) is 107 Å². The van der Waals surface area contributed by atoms with Crippen molar-refractivity contribution in [2.75, 3.05) is 38.8 Å². The van der Waals surface area contributed by atoms with Crippen LogP contribution in [-0.4, -0.2) is 38.8 Å². The van der Waals surface area contributed by atoms with Gasteiger partial charge in [0.1, 0.15) is 0 Å². The van der Waals surface area contributed by atoms with Crippen molar-refractivity contribution in [3.8, 4) is 0 Å². The first-order valence-electron chi connectivity index (χ1n) is 15.4. The van der Waals surface area contributed by atoms with E-state index in [2.05, 4.69) is 44.0 Å². The van der Waals surface area contributed by atoms with E-state index in [0.717, 1.165) is 63.8 Å². The van der Waals surface area contributed by atoms with Crippen LogP contribution in [0.25, 0.3) is 0 Å². The van der Waals surface area contributed by atoms with Crippen molar-refractivity contribution in [3.63, 3.8) is 0 Å². The first kappa shape index (κ1) is 35.1. The fourth-order valence-electron chi connectivity index (χ4n) is 5.04. The first-order chi connectivity index (χ1) is 19.5. The van der Waals surface area contributed by atoms with Gasteiger partial charge in [0, 0.05) is 6.16 Å². The van der Waals surface area contributed by atoms with Gasteiger partial charge < -0.3 is 18.1 Å². The van der Waals surface area contributed by atoms with Gasteiger partial charge in [-0.3, -0.25) is 4.57 Å². The predicted molar refractivity (Wildman–Crippen MR) is 171 cm³/mol. The van der Waals surface area contributed by atoms with E-state index in [1.54, 1.807) is 0 Å². The summed E-state index contributed by atoms with van der Waals surface area (Å²) < 4.78 is 36.5. The molecule has 40 heavy (non-hydrogen) atoms. The molecule has 0 saturated heterocycles. The fraction of sp³-hybridized carbons (Fsp3) is 0.636. The zero-order valence-corrected chi connectivity index (χ0v) is 26.8. The molecule has 1 atom stereocenters. The van der Waals surface area contributed by atoms with E-state index in [9.17, 15) is 4.57 Å². The van der Waals surface area contributed by atoms with Gasteiger partial charge in [0.05, 0.1) is 32.6 Å². The molecule has 0 amide bonds. The van der Waals surface area contributed by atoms with Crippen LogP contribution in [0.15, 0.2) is 62.2 Å². The average Bonchev–Trinajstić information content (AvgIpc) is 2.98. The lowest BCUT2D eigenvalue weighted by molar-refractivity contribution is 0.210. The Morgan fingerprint density at radius 2 is 1.43 bits per heavy atom. The normalized spacial score (nSPS) is 18.9. The second-order valence-electron chi connectivity index (χ2n) is 10.6. The molecule has 226 valence electrons. The molecule has 0 bridgehead atoms. The Morgan fingerprint density at radius 1 is 0.850 bits per heavy atom. The molecule has 1 saturated carbocycles. The summed E-state index contributed by atoms with van der Waals surface area (Å²) in [5.41, 5.74) is 2.61. The van der Waals surface area contributed by atoms with Gasteiger partial charge in [0.15, 0.2) is 8.38 Å². The molecule has 5 nitrogen and oxygen atoms in total. The molecular formula is C33H54O5P2. The Kier molecular flexibility index (Phi) is 19.0. The minimum Gasteiger partial charge on any atom is -0.334 e. The fourth-order valence-corrected chi connectivity index (χ4v) is 8.28. The van der Waals surface area contributed by atoms with Crippen molar-refractivity contribution in [3.05, 3.63) is 73.4 Å². The Labute approximate surface area is 246 Å². The van der Waals surface area contributed by atoms with E-state index in [4.69, 9.17) is 18.1 Å². The minimum absolute atomic E-state index is 0.396. The Balaban J connectivity index is 1.76. The highest BCUT2D eigenvalue weighted by Gasteiger charge is 2.25. The van der Waals surface area contributed by atoms with Crippen molar-refractivity contribution < 1.29 is 22.7 Å². The van der Waals surface area contributed by atoms with Crippen LogP contribution in [0.5, 0.6) is 0 Å². The lowest BCUT2D eigenvalue weighted by atomic mass is 9.78. The van der Waals surface area contributed by atoms with Gasteiger partial charge in [-0.15, -0.1) is 19.7 Å². The number of hydrogen-bond acceptors (Lipinski definition) is 5. The largest absolute Gasteiger partial charge is 0.334 e. The third-order valence-electron chi connectivity index (χ3n) is 7.43. The average molecular weight is 593 g/mol. The van der Waals surface area contributed by atoms with Crippen LogP contribution in [0.3, 0.4) is 0 Å². The summed E-state index contributed by atoms with van der Waals surface area (Å²) >= 11 is 0. The third-order valence-corrected chi connectivity index (χ3v) is 11.0. The Hall–Kier alpha value is -1.06. The van der Waals surface area contributed by atoms with Gasteiger partial charge in [-0.25, -0.2) is 0 Å². The molecular weight excluding hydrogens is 538 g/mol. The zero-order chi connectivity index (χ0) is 28.9. The standard InChI is InChI=1S/C33H54O5P2/c1-5-9-12-25-35-39(36-26-13-10-6-2)28-23-30-15-19-32(20-16-30)33-21-17-31(18-22-33)24-29-40(34,37-8-4)38-27-14-11-7-3/h5-7,17-18,21-22,30,32H,1-3,8-16,19-20,23-29H2,4H3. The Bertz CT molecular complexity index is 848. The molecule has 0 heterocycles. The topological polar surface area (TPSA) is 54.0 Å². The lowest BCUT2D eigenvalue weighted by Gasteiger charge is -2.29. The monoisotopic (exact) mass is 592 g/mol. The zero-order valence-electron chi connectivity index (χ0n) is 25.0. The molecule has 0 radical (unpaired) electrons. The van der Waals surface area contributed by atoms with Crippen LogP contribution in [0.2, 0.25) is 0 Å². The lowest BCUT2D eigenvalue weighted by Crippen LogP contribution is -2.15. The van der Waals surface area contributed by atoms with Crippen molar-refractivity contribution in [1.29, 1.82) is 0 Å². The smallest absolute Gasteiger partial charge is 0.330 e. The maximum absolute atomic E-state index is 13.1. The van der Waals surface area contributed by atoms with Crippen LogP contribution in [-0.2, 0) is 29.1 Å². The molecule has 0 aliphatic heterocycles. The summed E-state index contributed by atoms with van der Waals surface area (Å²) in [5, 5.41) is 0. The number of hydrogen-bond donors (Lipinski definition) is 0. The molecule has 1 fully saturated rings. The molecule has 0 aromatic heterocycles.